The van der Waals surface area contributed by atoms with Gasteiger partial charge in [-0.3, -0.25) is 19.4 Å². The molecule has 0 saturated carbocycles. The number of carbonyl (C=O) groups excluding carboxylic acids is 2. The van der Waals surface area contributed by atoms with Crippen LogP contribution in [0.15, 0.2) is 91.3 Å². The zero-order valence-corrected chi connectivity index (χ0v) is 25.0. The van der Waals surface area contributed by atoms with Crippen molar-refractivity contribution in [2.45, 2.75) is 12.8 Å². The molecule has 1 heterocycles. The van der Waals surface area contributed by atoms with E-state index in [0.717, 1.165) is 5.56 Å². The number of carboxylic acid groups (broad SMARTS) is 1. The fourth-order valence-corrected chi connectivity index (χ4v) is 4.71. The number of carboxylic acids is 1. The first kappa shape index (κ1) is 32.6. The summed E-state index contributed by atoms with van der Waals surface area (Å²) in [5.41, 5.74) is 3.41. The molecule has 4 aromatic rings. The van der Waals surface area contributed by atoms with Crippen LogP contribution in [-0.4, -0.2) is 67.1 Å². The molecule has 4 rings (SSSR count). The van der Waals surface area contributed by atoms with Crippen LogP contribution in [0.25, 0.3) is 11.1 Å². The molecule has 0 aliphatic heterocycles. The Morgan fingerprint density at radius 3 is 2.05 bits per heavy atom. The smallest absolute Gasteiger partial charge is 0.305 e. The van der Waals surface area contributed by atoms with Crippen LogP contribution < -0.4 is 14.4 Å². The van der Waals surface area contributed by atoms with E-state index in [4.69, 9.17) is 9.47 Å². The minimum Gasteiger partial charge on any atom is -0.497 e. The lowest BCUT2D eigenvalue weighted by Crippen LogP contribution is -2.35. The quantitative estimate of drug-likeness (QED) is 0.224. The zero-order valence-electron chi connectivity index (χ0n) is 24.2. The van der Waals surface area contributed by atoms with Crippen LogP contribution in [0.5, 0.6) is 11.5 Å². The standard InChI is InChI=1S/C33H33N3O6.ClH/c1-35(24-9-8-18-34-22-24)32(39)28-12-6-4-10-26(28)27-11-5-7-13-29(27)33(40)36(20-17-31(37)38)19-16-23-21-25(41-2)14-15-30(23)42-3;/h4-15,18,21-22H,16-17,19-20H2,1-3H3,(H,37,38);1H. The second-order valence-electron chi connectivity index (χ2n) is 9.53. The molecule has 0 radical (unpaired) electrons. The molecule has 9 nitrogen and oxygen atoms in total. The van der Waals surface area contributed by atoms with Gasteiger partial charge in [0.05, 0.1) is 32.5 Å². The van der Waals surface area contributed by atoms with Gasteiger partial charge >= 0.3 is 5.97 Å². The summed E-state index contributed by atoms with van der Waals surface area (Å²) < 4.78 is 10.8. The third kappa shape index (κ3) is 7.90. The first-order valence-corrected chi connectivity index (χ1v) is 13.4. The molecular formula is C33H34ClN3O6. The lowest BCUT2D eigenvalue weighted by atomic mass is 9.94. The third-order valence-electron chi connectivity index (χ3n) is 6.96. The van der Waals surface area contributed by atoms with Crippen molar-refractivity contribution >= 4 is 35.9 Å². The van der Waals surface area contributed by atoms with Crippen LogP contribution in [-0.2, 0) is 11.2 Å². The van der Waals surface area contributed by atoms with Crippen LogP contribution in [0, 0.1) is 0 Å². The molecule has 1 N–H and O–H groups in total. The predicted molar refractivity (Wildman–Crippen MR) is 168 cm³/mol. The molecule has 0 spiro atoms. The van der Waals surface area contributed by atoms with Gasteiger partial charge in [-0.25, -0.2) is 0 Å². The van der Waals surface area contributed by atoms with Crippen LogP contribution in [0.4, 0.5) is 5.69 Å². The molecule has 0 unspecified atom stereocenters. The fourth-order valence-electron chi connectivity index (χ4n) is 4.71. The molecule has 10 heteroatoms. The van der Waals surface area contributed by atoms with E-state index in [0.29, 0.717) is 45.9 Å². The fraction of sp³-hybridized carbons (Fsp3) is 0.212. The Morgan fingerprint density at radius 2 is 1.47 bits per heavy atom. The number of anilines is 1. The molecule has 0 aliphatic rings. The number of halogens is 1. The van der Waals surface area contributed by atoms with E-state index >= 15 is 0 Å². The second kappa shape index (κ2) is 15.4. The number of hydrogen-bond donors (Lipinski definition) is 1. The minimum atomic E-state index is -1.01. The van der Waals surface area contributed by atoms with Gasteiger partial charge in [-0.2, -0.15) is 0 Å². The second-order valence-corrected chi connectivity index (χ2v) is 9.53. The van der Waals surface area contributed by atoms with Gasteiger partial charge in [0, 0.05) is 37.5 Å². The number of carbonyl (C=O) groups is 3. The van der Waals surface area contributed by atoms with Gasteiger partial charge in [0.15, 0.2) is 0 Å². The van der Waals surface area contributed by atoms with Gasteiger partial charge in [0.2, 0.25) is 0 Å². The Kier molecular flexibility index (Phi) is 11.7. The van der Waals surface area contributed by atoms with Crippen LogP contribution in [0.3, 0.4) is 0 Å². The van der Waals surface area contributed by atoms with E-state index in [1.54, 1.807) is 100 Å². The first-order chi connectivity index (χ1) is 20.3. The summed E-state index contributed by atoms with van der Waals surface area (Å²) in [7, 11) is 4.81. The molecule has 2 amide bonds. The number of amides is 2. The van der Waals surface area contributed by atoms with Gasteiger partial charge in [-0.15, -0.1) is 12.4 Å². The SMILES string of the molecule is COc1ccc(OC)c(CCN(CCC(=O)O)C(=O)c2ccccc2-c2ccccc2C(=O)N(C)c2cccnc2)c1.Cl. The van der Waals surface area contributed by atoms with Crippen molar-refractivity contribution in [1.82, 2.24) is 9.88 Å². The molecule has 3 aromatic carbocycles. The lowest BCUT2D eigenvalue weighted by molar-refractivity contribution is -0.137. The number of hydrogen-bond acceptors (Lipinski definition) is 6. The van der Waals surface area contributed by atoms with E-state index in [9.17, 15) is 19.5 Å². The van der Waals surface area contributed by atoms with Gasteiger partial charge < -0.3 is 24.4 Å². The summed E-state index contributed by atoms with van der Waals surface area (Å²) in [4.78, 5) is 46.3. The summed E-state index contributed by atoms with van der Waals surface area (Å²) in [6.07, 6.45) is 3.45. The maximum absolute atomic E-state index is 14.1. The molecular weight excluding hydrogens is 570 g/mol. The molecule has 224 valence electrons. The van der Waals surface area contributed by atoms with E-state index in [2.05, 4.69) is 4.98 Å². The van der Waals surface area contributed by atoms with Crippen molar-refractivity contribution in [3.05, 3.63) is 108 Å². The monoisotopic (exact) mass is 603 g/mol. The average molecular weight is 604 g/mol. The van der Waals surface area contributed by atoms with Gasteiger partial charge in [0.25, 0.3) is 11.8 Å². The summed E-state index contributed by atoms with van der Waals surface area (Å²) in [6.45, 7) is 0.257. The number of aromatic nitrogens is 1. The number of benzene rings is 3. The van der Waals surface area contributed by atoms with Crippen molar-refractivity contribution < 1.29 is 29.0 Å². The third-order valence-corrected chi connectivity index (χ3v) is 6.96. The van der Waals surface area contributed by atoms with Crippen molar-refractivity contribution in [3.8, 4) is 22.6 Å². The van der Waals surface area contributed by atoms with E-state index in [-0.39, 0.29) is 43.7 Å². The Balaban J connectivity index is 0.00000506. The highest BCUT2D eigenvalue weighted by atomic mass is 35.5. The molecule has 1 aromatic heterocycles. The highest BCUT2D eigenvalue weighted by Gasteiger charge is 2.24. The van der Waals surface area contributed by atoms with Gasteiger partial charge in [-0.1, -0.05) is 36.4 Å². The lowest BCUT2D eigenvalue weighted by Gasteiger charge is -2.25. The molecule has 0 atom stereocenters. The number of nitrogens with zero attached hydrogens (tertiary/aromatic N) is 3. The van der Waals surface area contributed by atoms with Crippen molar-refractivity contribution in [3.63, 3.8) is 0 Å². The van der Waals surface area contributed by atoms with E-state index in [1.165, 1.54) is 9.80 Å². The van der Waals surface area contributed by atoms with Gasteiger partial charge in [-0.05, 0) is 65.6 Å². The minimum absolute atomic E-state index is 0. The Morgan fingerprint density at radius 1 is 0.814 bits per heavy atom. The Hall–Kier alpha value is -4.89. The highest BCUT2D eigenvalue weighted by Crippen LogP contribution is 2.30. The van der Waals surface area contributed by atoms with Crippen molar-refractivity contribution in [2.24, 2.45) is 0 Å². The number of methoxy groups -OCH3 is 2. The van der Waals surface area contributed by atoms with Crippen LogP contribution >= 0.6 is 12.4 Å². The predicted octanol–water partition coefficient (Wildman–Crippen LogP) is 5.62. The van der Waals surface area contributed by atoms with Crippen molar-refractivity contribution in [2.75, 3.05) is 39.3 Å². The number of pyridine rings is 1. The molecule has 0 aliphatic carbocycles. The topological polar surface area (TPSA) is 109 Å². The highest BCUT2D eigenvalue weighted by molar-refractivity contribution is 6.11. The maximum Gasteiger partial charge on any atom is 0.305 e. The largest absolute Gasteiger partial charge is 0.497 e. The summed E-state index contributed by atoms with van der Waals surface area (Å²) >= 11 is 0. The van der Waals surface area contributed by atoms with E-state index < -0.39 is 5.97 Å². The summed E-state index contributed by atoms with van der Waals surface area (Å²) in [6, 6.07) is 23.1. The number of aliphatic carboxylic acids is 1. The summed E-state index contributed by atoms with van der Waals surface area (Å²) in [5.74, 6) is -0.302. The van der Waals surface area contributed by atoms with Crippen molar-refractivity contribution in [1.29, 1.82) is 0 Å². The average Bonchev–Trinajstić information content (AvgIpc) is 3.04. The normalized spacial score (nSPS) is 10.3. The van der Waals surface area contributed by atoms with Crippen LogP contribution in [0.2, 0.25) is 0 Å². The van der Waals surface area contributed by atoms with E-state index in [1.807, 2.05) is 12.1 Å². The number of ether oxygens (including phenoxy) is 2. The Bertz CT molecular complexity index is 1560. The summed E-state index contributed by atoms with van der Waals surface area (Å²) in [5, 5.41) is 9.41. The first-order valence-electron chi connectivity index (χ1n) is 13.4. The molecule has 0 fully saturated rings. The number of rotatable bonds is 12. The maximum atomic E-state index is 14.1. The van der Waals surface area contributed by atoms with Crippen LogP contribution in [0.1, 0.15) is 32.7 Å². The van der Waals surface area contributed by atoms with Gasteiger partial charge in [0.1, 0.15) is 11.5 Å². The molecule has 0 bridgehead atoms. The zero-order chi connectivity index (χ0) is 30.1. The molecule has 43 heavy (non-hydrogen) atoms. The Labute approximate surface area is 257 Å². The molecule has 0 saturated heterocycles.